The third-order valence-electron chi connectivity index (χ3n) is 4.77. The van der Waals surface area contributed by atoms with E-state index in [4.69, 9.17) is 4.74 Å². The predicted molar refractivity (Wildman–Crippen MR) is 102 cm³/mol. The number of aryl methyl sites for hydroxylation is 1. The molecule has 144 valence electrons. The quantitative estimate of drug-likeness (QED) is 0.848. The summed E-state index contributed by atoms with van der Waals surface area (Å²) in [5.41, 5.74) is 1.34. The molecule has 0 saturated carbocycles. The Kier molecular flexibility index (Phi) is 5.76. The molecule has 1 fully saturated rings. The van der Waals surface area contributed by atoms with Crippen molar-refractivity contribution >= 4 is 21.6 Å². The van der Waals surface area contributed by atoms with Crippen LogP contribution in [0.5, 0.6) is 5.75 Å². The fourth-order valence-electron chi connectivity index (χ4n) is 3.16. The Morgan fingerprint density at radius 1 is 1.26 bits per heavy atom. The Balaban J connectivity index is 1.63. The van der Waals surface area contributed by atoms with Gasteiger partial charge in [0, 0.05) is 43.2 Å². The van der Waals surface area contributed by atoms with Crippen LogP contribution in [0.4, 0.5) is 5.69 Å². The molecule has 0 atom stereocenters. The molecule has 2 aromatic rings. The molecule has 0 radical (unpaired) electrons. The molecule has 8 heteroatoms. The number of carbonyl (C=O) groups excluding carboxylic acids is 1. The first kappa shape index (κ1) is 19.3. The Bertz CT molecular complexity index is 922. The number of sulfonamides is 1. The maximum atomic E-state index is 12.8. The van der Waals surface area contributed by atoms with E-state index in [0.717, 1.165) is 0 Å². The molecule has 1 amide bonds. The van der Waals surface area contributed by atoms with Crippen LogP contribution in [-0.2, 0) is 14.8 Å². The summed E-state index contributed by atoms with van der Waals surface area (Å²) in [5.74, 6) is 0.344. The minimum atomic E-state index is -3.59. The number of nitrogens with zero attached hydrogens (tertiary/aromatic N) is 2. The van der Waals surface area contributed by atoms with E-state index in [9.17, 15) is 13.2 Å². The molecule has 7 nitrogen and oxygen atoms in total. The second-order valence-corrected chi connectivity index (χ2v) is 8.45. The number of nitrogens with one attached hydrogen (secondary N) is 1. The van der Waals surface area contributed by atoms with Crippen molar-refractivity contribution in [3.05, 3.63) is 48.3 Å². The summed E-state index contributed by atoms with van der Waals surface area (Å²) in [6.07, 6.45) is 3.92. The van der Waals surface area contributed by atoms with Crippen molar-refractivity contribution in [1.29, 1.82) is 0 Å². The van der Waals surface area contributed by atoms with E-state index >= 15 is 0 Å². The Morgan fingerprint density at radius 2 is 2.00 bits per heavy atom. The number of amides is 1. The number of benzene rings is 1. The lowest BCUT2D eigenvalue weighted by atomic mass is 9.97. The highest BCUT2D eigenvalue weighted by molar-refractivity contribution is 7.89. The Labute approximate surface area is 159 Å². The van der Waals surface area contributed by atoms with Crippen LogP contribution in [0.25, 0.3) is 0 Å². The molecule has 1 aromatic heterocycles. The average molecular weight is 389 g/mol. The lowest BCUT2D eigenvalue weighted by molar-refractivity contribution is -0.120. The molecule has 0 unspecified atom stereocenters. The number of methoxy groups -OCH3 is 1. The van der Waals surface area contributed by atoms with Crippen LogP contribution >= 0.6 is 0 Å². The molecule has 0 aliphatic carbocycles. The number of carbonyl (C=O) groups is 1. The fraction of sp³-hybridized carbons (Fsp3) is 0.368. The third-order valence-corrected chi connectivity index (χ3v) is 6.80. The van der Waals surface area contributed by atoms with Crippen molar-refractivity contribution in [3.63, 3.8) is 0 Å². The SMILES string of the molecule is COc1cccc(NC(=O)C2CCN(S(=O)(=O)c3cnccc3C)CC2)c1. The number of anilines is 1. The molecule has 0 bridgehead atoms. The molecule has 2 heterocycles. The van der Waals surface area contributed by atoms with Crippen molar-refractivity contribution in [2.24, 2.45) is 5.92 Å². The van der Waals surface area contributed by atoms with Crippen molar-refractivity contribution in [1.82, 2.24) is 9.29 Å². The van der Waals surface area contributed by atoms with E-state index in [1.807, 2.05) is 0 Å². The van der Waals surface area contributed by atoms with Crippen LogP contribution in [0, 0.1) is 12.8 Å². The van der Waals surface area contributed by atoms with Gasteiger partial charge in [-0.2, -0.15) is 4.31 Å². The molecule has 1 saturated heterocycles. The van der Waals surface area contributed by atoms with Gasteiger partial charge in [-0.05, 0) is 43.5 Å². The Hall–Kier alpha value is -2.45. The summed E-state index contributed by atoms with van der Waals surface area (Å²) in [5, 5.41) is 2.88. The normalized spacial score (nSPS) is 16.1. The molecule has 3 rings (SSSR count). The van der Waals surface area contributed by atoms with E-state index in [1.165, 1.54) is 10.5 Å². The summed E-state index contributed by atoms with van der Waals surface area (Å²) in [7, 11) is -2.02. The van der Waals surface area contributed by atoms with Gasteiger partial charge in [0.05, 0.1) is 7.11 Å². The van der Waals surface area contributed by atoms with E-state index in [0.29, 0.717) is 42.9 Å². The maximum Gasteiger partial charge on any atom is 0.244 e. The lowest BCUT2D eigenvalue weighted by Gasteiger charge is -2.30. The van der Waals surface area contributed by atoms with Crippen molar-refractivity contribution in [3.8, 4) is 5.75 Å². The molecule has 0 spiro atoms. The molecule has 1 N–H and O–H groups in total. The summed E-state index contributed by atoms with van der Waals surface area (Å²) in [4.78, 5) is 16.7. The number of ether oxygens (including phenoxy) is 1. The number of hydrogen-bond acceptors (Lipinski definition) is 5. The van der Waals surface area contributed by atoms with Gasteiger partial charge in [-0.1, -0.05) is 6.07 Å². The first-order valence-corrected chi connectivity index (χ1v) is 10.2. The molecule has 27 heavy (non-hydrogen) atoms. The minimum Gasteiger partial charge on any atom is -0.497 e. The smallest absolute Gasteiger partial charge is 0.244 e. The van der Waals surface area contributed by atoms with Crippen molar-refractivity contribution in [2.75, 3.05) is 25.5 Å². The Morgan fingerprint density at radius 3 is 2.67 bits per heavy atom. The van der Waals surface area contributed by atoms with Crippen LogP contribution in [0.2, 0.25) is 0 Å². The van der Waals surface area contributed by atoms with Crippen molar-refractivity contribution < 1.29 is 17.9 Å². The number of hydrogen-bond donors (Lipinski definition) is 1. The summed E-state index contributed by atoms with van der Waals surface area (Å²) < 4.78 is 32.2. The zero-order chi connectivity index (χ0) is 19.4. The zero-order valence-corrected chi connectivity index (χ0v) is 16.2. The molecule has 1 aliphatic heterocycles. The zero-order valence-electron chi connectivity index (χ0n) is 15.4. The van der Waals surface area contributed by atoms with Crippen LogP contribution in [0.15, 0.2) is 47.6 Å². The highest BCUT2D eigenvalue weighted by Gasteiger charge is 2.33. The van der Waals surface area contributed by atoms with E-state index < -0.39 is 10.0 Å². The van der Waals surface area contributed by atoms with Crippen LogP contribution in [-0.4, -0.2) is 43.8 Å². The van der Waals surface area contributed by atoms with Crippen LogP contribution in [0.3, 0.4) is 0 Å². The van der Waals surface area contributed by atoms with Crippen LogP contribution in [0.1, 0.15) is 18.4 Å². The first-order chi connectivity index (χ1) is 12.9. The standard InChI is InChI=1S/C19H23N3O4S/c1-14-6-9-20-13-18(14)27(24,25)22-10-7-15(8-11-22)19(23)21-16-4-3-5-17(12-16)26-2/h3-6,9,12-13,15H,7-8,10-11H2,1-2H3,(H,21,23). The van der Waals surface area contributed by atoms with Crippen LogP contribution < -0.4 is 10.1 Å². The molecule has 1 aliphatic rings. The van der Waals surface area contributed by atoms with Gasteiger partial charge in [0.1, 0.15) is 10.6 Å². The van der Waals surface area contributed by atoms with Gasteiger partial charge in [0.15, 0.2) is 0 Å². The summed E-state index contributed by atoms with van der Waals surface area (Å²) in [6, 6.07) is 8.84. The van der Waals surface area contributed by atoms with Crippen molar-refractivity contribution in [2.45, 2.75) is 24.7 Å². The number of aromatic nitrogens is 1. The van der Waals surface area contributed by atoms with Gasteiger partial charge in [-0.3, -0.25) is 9.78 Å². The molecular weight excluding hydrogens is 366 g/mol. The maximum absolute atomic E-state index is 12.8. The third kappa shape index (κ3) is 4.28. The van der Waals surface area contributed by atoms with Gasteiger partial charge in [-0.25, -0.2) is 8.42 Å². The fourth-order valence-corrected chi connectivity index (χ4v) is 4.80. The molecular formula is C19H23N3O4S. The van der Waals surface area contributed by atoms with E-state index in [-0.39, 0.29) is 16.7 Å². The van der Waals surface area contributed by atoms with E-state index in [2.05, 4.69) is 10.3 Å². The van der Waals surface area contributed by atoms with E-state index in [1.54, 1.807) is 50.6 Å². The number of pyridine rings is 1. The largest absolute Gasteiger partial charge is 0.497 e. The van der Waals surface area contributed by atoms with Gasteiger partial charge < -0.3 is 10.1 Å². The number of rotatable bonds is 5. The predicted octanol–water partition coefficient (Wildman–Crippen LogP) is 2.44. The average Bonchev–Trinajstić information content (AvgIpc) is 2.68. The van der Waals surface area contributed by atoms with Gasteiger partial charge >= 0.3 is 0 Å². The summed E-state index contributed by atoms with van der Waals surface area (Å²) in [6.45, 7) is 2.38. The molecule has 1 aromatic carbocycles. The highest BCUT2D eigenvalue weighted by atomic mass is 32.2. The minimum absolute atomic E-state index is 0.0992. The second kappa shape index (κ2) is 8.06. The second-order valence-electron chi connectivity index (χ2n) is 6.54. The van der Waals surface area contributed by atoms with Gasteiger partial charge in [0.25, 0.3) is 0 Å². The van der Waals surface area contributed by atoms with Gasteiger partial charge in [0.2, 0.25) is 15.9 Å². The number of piperidine rings is 1. The summed E-state index contributed by atoms with van der Waals surface area (Å²) >= 11 is 0. The lowest BCUT2D eigenvalue weighted by Crippen LogP contribution is -2.41. The highest BCUT2D eigenvalue weighted by Crippen LogP contribution is 2.26. The monoisotopic (exact) mass is 389 g/mol. The first-order valence-electron chi connectivity index (χ1n) is 8.77. The topological polar surface area (TPSA) is 88.6 Å². The van der Waals surface area contributed by atoms with Gasteiger partial charge in [-0.15, -0.1) is 0 Å².